The highest BCUT2D eigenvalue weighted by molar-refractivity contribution is 7.80. The number of benzene rings is 1. The predicted molar refractivity (Wildman–Crippen MR) is 95.3 cm³/mol. The van der Waals surface area contributed by atoms with Gasteiger partial charge in [0.15, 0.2) is 5.11 Å². The number of para-hydroxylation sites is 1. The van der Waals surface area contributed by atoms with E-state index in [1.165, 1.54) is 6.07 Å². The average Bonchev–Trinajstić information content (AvgIpc) is 2.55. The number of thiocarbonyl (C=S) groups is 1. The molecule has 1 aromatic carbocycles. The van der Waals surface area contributed by atoms with Crippen molar-refractivity contribution in [2.24, 2.45) is 0 Å². The Hall–Kier alpha value is -2.22. The SMILES string of the molecule is CCN(CC)C(=O)C1=C(C)NC(=S)N[C@@H]1c1ccccc1OC(F)F. The second-order valence-corrected chi connectivity index (χ2v) is 5.87. The Morgan fingerprint density at radius 3 is 2.56 bits per heavy atom. The lowest BCUT2D eigenvalue weighted by molar-refractivity contribution is -0.127. The summed E-state index contributed by atoms with van der Waals surface area (Å²) in [6.45, 7) is 3.63. The summed E-state index contributed by atoms with van der Waals surface area (Å²) in [5.74, 6) is -0.167. The lowest BCUT2D eigenvalue weighted by Gasteiger charge is -2.33. The maximum atomic E-state index is 13.0. The Morgan fingerprint density at radius 2 is 1.96 bits per heavy atom. The molecule has 1 aliphatic rings. The summed E-state index contributed by atoms with van der Waals surface area (Å²) in [5.41, 5.74) is 1.46. The second-order valence-electron chi connectivity index (χ2n) is 5.46. The number of carbonyl (C=O) groups is 1. The number of nitrogens with zero attached hydrogens (tertiary/aromatic N) is 1. The molecule has 8 heteroatoms. The van der Waals surface area contributed by atoms with Gasteiger partial charge in [0.2, 0.25) is 0 Å². The zero-order valence-corrected chi connectivity index (χ0v) is 15.1. The monoisotopic (exact) mass is 369 g/mol. The van der Waals surface area contributed by atoms with Gasteiger partial charge in [-0.05, 0) is 39.1 Å². The van der Waals surface area contributed by atoms with Gasteiger partial charge in [-0.25, -0.2) is 0 Å². The van der Waals surface area contributed by atoms with Gasteiger partial charge in [0.1, 0.15) is 5.75 Å². The topological polar surface area (TPSA) is 53.6 Å². The Bertz CT molecular complexity index is 690. The molecule has 1 atom stereocenters. The van der Waals surface area contributed by atoms with Crippen LogP contribution in [0.25, 0.3) is 0 Å². The van der Waals surface area contributed by atoms with E-state index in [9.17, 15) is 13.6 Å². The molecule has 0 saturated carbocycles. The number of amides is 1. The number of alkyl halides is 2. The number of ether oxygens (including phenoxy) is 1. The molecule has 1 heterocycles. The third-order valence-corrected chi connectivity index (χ3v) is 4.22. The fourth-order valence-electron chi connectivity index (χ4n) is 2.81. The minimum absolute atomic E-state index is 0.0114. The van der Waals surface area contributed by atoms with Crippen molar-refractivity contribution in [1.29, 1.82) is 0 Å². The van der Waals surface area contributed by atoms with E-state index in [2.05, 4.69) is 15.4 Å². The van der Waals surface area contributed by atoms with Gasteiger partial charge in [-0.1, -0.05) is 18.2 Å². The molecule has 0 aliphatic carbocycles. The van der Waals surface area contributed by atoms with Crippen LogP contribution in [0.2, 0.25) is 0 Å². The molecule has 0 aromatic heterocycles. The van der Waals surface area contributed by atoms with Gasteiger partial charge < -0.3 is 20.3 Å². The van der Waals surface area contributed by atoms with Crippen LogP contribution < -0.4 is 15.4 Å². The zero-order chi connectivity index (χ0) is 18.6. The molecular weight excluding hydrogens is 348 g/mol. The first-order valence-corrected chi connectivity index (χ1v) is 8.41. The Kier molecular flexibility index (Phi) is 6.30. The van der Waals surface area contributed by atoms with E-state index >= 15 is 0 Å². The zero-order valence-electron chi connectivity index (χ0n) is 14.3. The molecule has 25 heavy (non-hydrogen) atoms. The van der Waals surface area contributed by atoms with E-state index in [1.807, 2.05) is 13.8 Å². The predicted octanol–water partition coefficient (Wildman–Crippen LogP) is 2.95. The van der Waals surface area contributed by atoms with E-state index in [-0.39, 0.29) is 11.7 Å². The number of halogens is 2. The smallest absolute Gasteiger partial charge is 0.387 e. The van der Waals surface area contributed by atoms with Crippen LogP contribution in [0.15, 0.2) is 35.5 Å². The van der Waals surface area contributed by atoms with E-state index in [0.29, 0.717) is 35.0 Å². The lowest BCUT2D eigenvalue weighted by atomic mass is 9.93. The summed E-state index contributed by atoms with van der Waals surface area (Å²) < 4.78 is 30.1. The molecule has 0 fully saturated rings. The van der Waals surface area contributed by atoms with Crippen LogP contribution in [0.1, 0.15) is 32.4 Å². The van der Waals surface area contributed by atoms with E-state index in [0.717, 1.165) is 0 Å². The molecule has 1 aromatic rings. The van der Waals surface area contributed by atoms with Gasteiger partial charge in [0.25, 0.3) is 5.91 Å². The number of rotatable bonds is 6. The third-order valence-electron chi connectivity index (χ3n) is 4.00. The fourth-order valence-corrected chi connectivity index (χ4v) is 3.09. The van der Waals surface area contributed by atoms with Crippen molar-refractivity contribution in [2.75, 3.05) is 13.1 Å². The van der Waals surface area contributed by atoms with Crippen LogP contribution in [0.5, 0.6) is 5.75 Å². The highest BCUT2D eigenvalue weighted by Gasteiger charge is 2.33. The molecule has 136 valence electrons. The summed E-state index contributed by atoms with van der Waals surface area (Å²) in [7, 11) is 0. The molecule has 2 rings (SSSR count). The summed E-state index contributed by atoms with van der Waals surface area (Å²) >= 11 is 5.18. The van der Waals surface area contributed by atoms with E-state index in [4.69, 9.17) is 12.2 Å². The first-order valence-electron chi connectivity index (χ1n) is 8.00. The molecule has 5 nitrogen and oxygen atoms in total. The summed E-state index contributed by atoms with van der Waals surface area (Å²) in [6, 6.07) is 5.73. The summed E-state index contributed by atoms with van der Waals surface area (Å²) in [4.78, 5) is 14.6. The lowest BCUT2D eigenvalue weighted by Crippen LogP contribution is -2.47. The summed E-state index contributed by atoms with van der Waals surface area (Å²) in [5, 5.41) is 6.26. The fraction of sp³-hybridized carbons (Fsp3) is 0.412. The van der Waals surface area contributed by atoms with Crippen LogP contribution in [-0.2, 0) is 4.79 Å². The molecule has 0 radical (unpaired) electrons. The average molecular weight is 369 g/mol. The number of likely N-dealkylation sites (N-methyl/N-ethyl adjacent to an activating group) is 1. The van der Waals surface area contributed by atoms with Gasteiger partial charge in [-0.3, -0.25) is 4.79 Å². The van der Waals surface area contributed by atoms with Crippen LogP contribution in [0.3, 0.4) is 0 Å². The first-order chi connectivity index (χ1) is 11.9. The Morgan fingerprint density at radius 1 is 1.32 bits per heavy atom. The van der Waals surface area contributed by atoms with Crippen LogP contribution in [0, 0.1) is 0 Å². The van der Waals surface area contributed by atoms with E-state index in [1.54, 1.807) is 30.0 Å². The van der Waals surface area contributed by atoms with Crippen molar-refractivity contribution in [1.82, 2.24) is 15.5 Å². The van der Waals surface area contributed by atoms with Gasteiger partial charge in [-0.2, -0.15) is 8.78 Å². The van der Waals surface area contributed by atoms with Gasteiger partial charge >= 0.3 is 6.61 Å². The maximum Gasteiger partial charge on any atom is 0.387 e. The number of carbonyl (C=O) groups excluding carboxylic acids is 1. The van der Waals surface area contributed by atoms with Gasteiger partial charge in [0, 0.05) is 24.4 Å². The highest BCUT2D eigenvalue weighted by atomic mass is 32.1. The first kappa shape index (κ1) is 19.1. The van der Waals surface area contributed by atoms with Crippen molar-refractivity contribution in [3.8, 4) is 5.75 Å². The van der Waals surface area contributed by atoms with Crippen molar-refractivity contribution >= 4 is 23.2 Å². The quantitative estimate of drug-likeness (QED) is 0.755. The highest BCUT2D eigenvalue weighted by Crippen LogP contribution is 2.34. The van der Waals surface area contributed by atoms with Crippen molar-refractivity contribution in [2.45, 2.75) is 33.4 Å². The van der Waals surface area contributed by atoms with E-state index < -0.39 is 12.7 Å². The molecule has 1 aliphatic heterocycles. The summed E-state index contributed by atoms with van der Waals surface area (Å²) in [6.07, 6.45) is 0. The largest absolute Gasteiger partial charge is 0.434 e. The molecule has 2 N–H and O–H groups in total. The minimum Gasteiger partial charge on any atom is -0.434 e. The van der Waals surface area contributed by atoms with Gasteiger partial charge in [0.05, 0.1) is 11.6 Å². The van der Waals surface area contributed by atoms with Crippen molar-refractivity contribution in [3.63, 3.8) is 0 Å². The van der Waals surface area contributed by atoms with Gasteiger partial charge in [-0.15, -0.1) is 0 Å². The molecule has 0 unspecified atom stereocenters. The minimum atomic E-state index is -2.96. The molecular formula is C17H21F2N3O2S. The Labute approximate surface area is 151 Å². The number of nitrogens with one attached hydrogen (secondary N) is 2. The molecule has 0 spiro atoms. The van der Waals surface area contributed by atoms with Crippen molar-refractivity contribution in [3.05, 3.63) is 41.1 Å². The normalized spacial score (nSPS) is 17.2. The number of hydrogen-bond donors (Lipinski definition) is 2. The maximum absolute atomic E-state index is 13.0. The second kappa shape index (κ2) is 8.24. The van der Waals surface area contributed by atoms with Crippen LogP contribution in [0.4, 0.5) is 8.78 Å². The number of hydrogen-bond acceptors (Lipinski definition) is 3. The van der Waals surface area contributed by atoms with Crippen LogP contribution in [-0.4, -0.2) is 35.6 Å². The Balaban J connectivity index is 2.52. The molecule has 0 saturated heterocycles. The van der Waals surface area contributed by atoms with Crippen LogP contribution >= 0.6 is 12.2 Å². The van der Waals surface area contributed by atoms with Crippen molar-refractivity contribution < 1.29 is 18.3 Å². The number of allylic oxidation sites excluding steroid dienone is 1. The third kappa shape index (κ3) is 4.25. The molecule has 1 amide bonds. The standard InChI is InChI=1S/C17H21F2N3O2S/c1-4-22(5-2)15(23)13-10(3)20-17(25)21-14(13)11-8-6-7-9-12(11)24-16(18)19/h6-9,14,16H,4-5H2,1-3H3,(H2,20,21,25)/t14-/m1/s1. The molecule has 0 bridgehead atoms.